The first-order valence-corrected chi connectivity index (χ1v) is 7.52. The second kappa shape index (κ2) is 4.36. The van der Waals surface area contributed by atoms with Crippen LogP contribution in [0.15, 0.2) is 0 Å². The van der Waals surface area contributed by atoms with Gasteiger partial charge in [-0.05, 0) is 63.2 Å². The minimum atomic E-state index is 0.441. The first-order valence-electron chi connectivity index (χ1n) is 7.52. The summed E-state index contributed by atoms with van der Waals surface area (Å²) in [4.78, 5) is 0. The van der Waals surface area contributed by atoms with Gasteiger partial charge in [0.2, 0.25) is 0 Å². The molecule has 2 aliphatic carbocycles. The van der Waals surface area contributed by atoms with E-state index in [2.05, 4.69) is 42.7 Å². The van der Waals surface area contributed by atoms with Crippen molar-refractivity contribution in [3.63, 3.8) is 0 Å². The molecule has 0 aromatic carbocycles. The molecule has 1 fully saturated rings. The van der Waals surface area contributed by atoms with Crippen LogP contribution in [-0.4, -0.2) is 15.0 Å². The van der Waals surface area contributed by atoms with E-state index in [1.165, 1.54) is 30.7 Å². The minimum Gasteiger partial charge on any atom is -0.247 e. The molecule has 1 aromatic heterocycles. The zero-order valence-electron chi connectivity index (χ0n) is 12.1. The lowest BCUT2D eigenvalue weighted by Crippen LogP contribution is -2.10. The monoisotopic (exact) mass is 247 g/mol. The molecule has 2 aliphatic rings. The van der Waals surface area contributed by atoms with Crippen LogP contribution >= 0.6 is 0 Å². The van der Waals surface area contributed by atoms with E-state index in [0.29, 0.717) is 6.04 Å². The predicted octanol–water partition coefficient (Wildman–Crippen LogP) is 3.26. The second-order valence-electron chi connectivity index (χ2n) is 6.75. The Balaban J connectivity index is 1.79. The Morgan fingerprint density at radius 2 is 1.72 bits per heavy atom. The first kappa shape index (κ1) is 12.2. The second-order valence-corrected chi connectivity index (χ2v) is 6.75. The van der Waals surface area contributed by atoms with Gasteiger partial charge < -0.3 is 0 Å². The fraction of sp³-hybridized carbons (Fsp3) is 0.867. The Hall–Kier alpha value is -0.860. The van der Waals surface area contributed by atoms with Crippen LogP contribution < -0.4 is 0 Å². The summed E-state index contributed by atoms with van der Waals surface area (Å²) in [6, 6.07) is 0.441. The molecule has 0 aliphatic heterocycles. The Morgan fingerprint density at radius 1 is 1.06 bits per heavy atom. The number of aryl methyl sites for hydroxylation is 1. The smallest absolute Gasteiger partial charge is 0.0859 e. The summed E-state index contributed by atoms with van der Waals surface area (Å²) >= 11 is 0. The summed E-state index contributed by atoms with van der Waals surface area (Å²) in [6.45, 7) is 9.17. The topological polar surface area (TPSA) is 30.7 Å². The van der Waals surface area contributed by atoms with Crippen molar-refractivity contribution >= 4 is 0 Å². The average Bonchev–Trinajstić information content (AvgIpc) is 2.81. The minimum absolute atomic E-state index is 0.441. The van der Waals surface area contributed by atoms with Crippen LogP contribution in [0.1, 0.15) is 58.0 Å². The zero-order chi connectivity index (χ0) is 12.9. The van der Waals surface area contributed by atoms with E-state index in [4.69, 9.17) is 0 Å². The molecule has 3 atom stereocenters. The average molecular weight is 247 g/mol. The lowest BCUT2D eigenvalue weighted by atomic mass is 10.0. The highest BCUT2D eigenvalue weighted by molar-refractivity contribution is 5.15. The summed E-state index contributed by atoms with van der Waals surface area (Å²) < 4.78 is 2.14. The normalized spacial score (nSPS) is 30.9. The number of nitrogens with zero attached hydrogens (tertiary/aromatic N) is 3. The van der Waals surface area contributed by atoms with Crippen molar-refractivity contribution in [2.45, 2.75) is 59.4 Å². The van der Waals surface area contributed by atoms with Gasteiger partial charge in [-0.15, -0.1) is 5.10 Å². The van der Waals surface area contributed by atoms with Gasteiger partial charge in [0.25, 0.3) is 0 Å². The van der Waals surface area contributed by atoms with E-state index in [1.807, 2.05) is 0 Å². The lowest BCUT2D eigenvalue weighted by Gasteiger charge is -2.12. The standard InChI is InChI=1S/C15H25N3/c1-9(2)15-11-5-7-13-14(8-6-12(11)15)18(10(3)4)17-16-13/h9-12,15H,5-8H2,1-4H3/t11?,12?,15-/m0/s1. The number of hydrogen-bond donors (Lipinski definition) is 0. The van der Waals surface area contributed by atoms with Crippen molar-refractivity contribution in [3.8, 4) is 0 Å². The van der Waals surface area contributed by atoms with Crippen LogP contribution in [0.2, 0.25) is 0 Å². The van der Waals surface area contributed by atoms with Crippen molar-refractivity contribution in [2.75, 3.05) is 0 Å². The molecular weight excluding hydrogens is 222 g/mol. The van der Waals surface area contributed by atoms with Crippen LogP contribution in [0.5, 0.6) is 0 Å². The van der Waals surface area contributed by atoms with Gasteiger partial charge in [-0.1, -0.05) is 19.1 Å². The number of rotatable bonds is 2. The first-order chi connectivity index (χ1) is 8.59. The van der Waals surface area contributed by atoms with Gasteiger partial charge >= 0.3 is 0 Å². The maximum atomic E-state index is 4.42. The van der Waals surface area contributed by atoms with Crippen molar-refractivity contribution in [3.05, 3.63) is 11.4 Å². The lowest BCUT2D eigenvalue weighted by molar-refractivity contribution is 0.472. The van der Waals surface area contributed by atoms with Crippen LogP contribution in [0.3, 0.4) is 0 Å². The molecule has 0 spiro atoms. The maximum Gasteiger partial charge on any atom is 0.0859 e. The van der Waals surface area contributed by atoms with E-state index in [-0.39, 0.29) is 0 Å². The molecule has 1 heterocycles. The third-order valence-corrected chi connectivity index (χ3v) is 4.96. The molecule has 100 valence electrons. The summed E-state index contributed by atoms with van der Waals surface area (Å²) in [7, 11) is 0. The highest BCUT2D eigenvalue weighted by Crippen LogP contribution is 2.56. The van der Waals surface area contributed by atoms with Crippen LogP contribution in [0.25, 0.3) is 0 Å². The summed E-state index contributed by atoms with van der Waals surface area (Å²) in [5.41, 5.74) is 2.69. The molecule has 3 heteroatoms. The number of hydrogen-bond acceptors (Lipinski definition) is 2. The molecule has 2 unspecified atom stereocenters. The fourth-order valence-electron chi connectivity index (χ4n) is 4.10. The third kappa shape index (κ3) is 1.88. The summed E-state index contributed by atoms with van der Waals surface area (Å²) in [6.07, 6.45) is 5.01. The zero-order valence-corrected chi connectivity index (χ0v) is 12.1. The Bertz CT molecular complexity index is 433. The highest BCUT2D eigenvalue weighted by atomic mass is 15.4. The molecule has 0 N–H and O–H groups in total. The van der Waals surface area contributed by atoms with Gasteiger partial charge in [0.15, 0.2) is 0 Å². The van der Waals surface area contributed by atoms with E-state index in [0.717, 1.165) is 30.1 Å². The Morgan fingerprint density at radius 3 is 2.33 bits per heavy atom. The Kier molecular flexibility index (Phi) is 2.95. The van der Waals surface area contributed by atoms with E-state index in [9.17, 15) is 0 Å². The van der Waals surface area contributed by atoms with Crippen molar-refractivity contribution in [2.24, 2.45) is 23.7 Å². The summed E-state index contributed by atoms with van der Waals surface area (Å²) in [5.74, 6) is 3.79. The molecule has 0 bridgehead atoms. The molecular formula is C15H25N3. The van der Waals surface area contributed by atoms with E-state index in [1.54, 1.807) is 0 Å². The quantitative estimate of drug-likeness (QED) is 0.803. The fourth-order valence-corrected chi connectivity index (χ4v) is 4.10. The molecule has 0 radical (unpaired) electrons. The van der Waals surface area contributed by atoms with Crippen molar-refractivity contribution in [1.82, 2.24) is 15.0 Å². The molecule has 1 saturated carbocycles. The van der Waals surface area contributed by atoms with Gasteiger partial charge in [-0.3, -0.25) is 0 Å². The molecule has 3 nitrogen and oxygen atoms in total. The van der Waals surface area contributed by atoms with Crippen LogP contribution in [0, 0.1) is 23.7 Å². The maximum absolute atomic E-state index is 4.42. The number of fused-ring (bicyclic) bond motifs is 2. The van der Waals surface area contributed by atoms with Crippen molar-refractivity contribution in [1.29, 1.82) is 0 Å². The predicted molar refractivity (Wildman–Crippen MR) is 72.4 cm³/mol. The van der Waals surface area contributed by atoms with Gasteiger partial charge in [0.05, 0.1) is 11.4 Å². The van der Waals surface area contributed by atoms with Crippen LogP contribution in [0.4, 0.5) is 0 Å². The van der Waals surface area contributed by atoms with Gasteiger partial charge in [-0.25, -0.2) is 4.68 Å². The molecule has 0 amide bonds. The molecule has 0 saturated heterocycles. The third-order valence-electron chi connectivity index (χ3n) is 4.96. The Labute approximate surface area is 110 Å². The van der Waals surface area contributed by atoms with E-state index >= 15 is 0 Å². The van der Waals surface area contributed by atoms with Gasteiger partial charge in [0.1, 0.15) is 0 Å². The molecule has 1 aromatic rings. The van der Waals surface area contributed by atoms with Crippen LogP contribution in [-0.2, 0) is 12.8 Å². The SMILES string of the molecule is CC(C)[C@H]1C2CCc3nnn(C(C)C)c3CCC21. The number of aromatic nitrogens is 3. The van der Waals surface area contributed by atoms with Gasteiger partial charge in [-0.2, -0.15) is 0 Å². The van der Waals surface area contributed by atoms with Crippen molar-refractivity contribution < 1.29 is 0 Å². The van der Waals surface area contributed by atoms with Gasteiger partial charge in [0, 0.05) is 6.04 Å². The molecule has 3 rings (SSSR count). The largest absolute Gasteiger partial charge is 0.247 e. The highest BCUT2D eigenvalue weighted by Gasteiger charge is 2.50. The molecule has 18 heavy (non-hydrogen) atoms. The summed E-state index contributed by atoms with van der Waals surface area (Å²) in [5, 5.41) is 8.76. The van der Waals surface area contributed by atoms with E-state index < -0.39 is 0 Å².